The van der Waals surface area contributed by atoms with Gasteiger partial charge in [0.25, 0.3) is 0 Å². The van der Waals surface area contributed by atoms with Crippen LogP contribution in [0.15, 0.2) is 0 Å². The Balaban J connectivity index is 2.89. The van der Waals surface area contributed by atoms with Gasteiger partial charge in [0, 0.05) is 43.0 Å². The fourth-order valence-electron chi connectivity index (χ4n) is 0.518. The van der Waals surface area contributed by atoms with Crippen LogP contribution in [0.4, 0.5) is 0 Å². The first-order valence-corrected chi connectivity index (χ1v) is 3.69. The van der Waals surface area contributed by atoms with Crippen LogP contribution in [0.1, 0.15) is 6.92 Å². The predicted octanol–water partition coefficient (Wildman–Crippen LogP) is -1.11. The molecular formula is C3H8B7. The third kappa shape index (κ3) is 6.57. The molecule has 0 saturated carbocycles. The lowest BCUT2D eigenvalue weighted by Gasteiger charge is -2.00. The van der Waals surface area contributed by atoms with Crippen molar-refractivity contribution in [1.29, 1.82) is 0 Å². The molecule has 7 radical (unpaired) electrons. The third-order valence-electron chi connectivity index (χ3n) is 1.42. The van der Waals surface area contributed by atoms with E-state index in [1.807, 2.05) is 21.2 Å². The molecule has 0 aromatic carbocycles. The zero-order chi connectivity index (χ0) is 7.82. The van der Waals surface area contributed by atoms with E-state index in [1.54, 1.807) is 0 Å². The van der Waals surface area contributed by atoms with E-state index in [4.69, 9.17) is 7.74 Å². The first-order valence-electron chi connectivity index (χ1n) is 3.69. The summed E-state index contributed by atoms with van der Waals surface area (Å²) in [6.07, 6.45) is 1.19. The SMILES string of the molecule is [B][B][B][B][B][B]B(C)CC. The molecule has 0 N–H and O–H groups in total. The largest absolute Gasteiger partial charge is 0.0935 e. The Morgan fingerprint density at radius 1 is 1.30 bits per heavy atom. The summed E-state index contributed by atoms with van der Waals surface area (Å²) >= 11 is 0. The Morgan fingerprint density at radius 2 is 2.00 bits per heavy atom. The van der Waals surface area contributed by atoms with Crippen LogP contribution in [0, 0.1) is 0 Å². The molecule has 0 amide bonds. The monoisotopic (exact) mass is 121 g/mol. The van der Waals surface area contributed by atoms with Crippen molar-refractivity contribution in [3.05, 3.63) is 0 Å². The van der Waals surface area contributed by atoms with E-state index in [-0.39, 0.29) is 0 Å². The molecule has 0 saturated heterocycles. The normalized spacial score (nSPS) is 7.80. The molecular weight excluding hydrogens is 112 g/mol. The summed E-state index contributed by atoms with van der Waals surface area (Å²) in [5.41, 5.74) is 0. The zero-order valence-corrected chi connectivity index (χ0v) is 6.75. The van der Waals surface area contributed by atoms with E-state index in [2.05, 4.69) is 20.8 Å². The van der Waals surface area contributed by atoms with Crippen molar-refractivity contribution in [2.24, 2.45) is 0 Å². The van der Waals surface area contributed by atoms with Gasteiger partial charge in [0.05, 0.1) is 6.60 Å². The van der Waals surface area contributed by atoms with E-state index in [0.29, 0.717) is 6.60 Å². The van der Waals surface area contributed by atoms with Crippen LogP contribution in [0.5, 0.6) is 0 Å². The van der Waals surface area contributed by atoms with Crippen LogP contribution in [0.25, 0.3) is 0 Å². The molecule has 10 heavy (non-hydrogen) atoms. The molecule has 0 aromatic heterocycles. The Morgan fingerprint density at radius 3 is 2.50 bits per heavy atom. The molecule has 0 spiro atoms. The van der Waals surface area contributed by atoms with Gasteiger partial charge in [-0.2, -0.15) is 0 Å². The highest BCUT2D eigenvalue weighted by Gasteiger charge is 2.02. The molecule has 0 aromatic rings. The van der Waals surface area contributed by atoms with Gasteiger partial charge in [-0.15, -0.1) is 0 Å². The van der Waals surface area contributed by atoms with Gasteiger partial charge in [-0.25, -0.2) is 0 Å². The number of hydrogen-bond donors (Lipinski definition) is 0. The first-order chi connectivity index (χ1) is 4.81. The average Bonchev–Trinajstić information content (AvgIpc) is 1.98. The molecule has 7 heteroatoms. The second kappa shape index (κ2) is 7.56. The number of hydrogen-bond acceptors (Lipinski definition) is 0. The van der Waals surface area contributed by atoms with Crippen LogP contribution < -0.4 is 0 Å². The van der Waals surface area contributed by atoms with Gasteiger partial charge in [-0.1, -0.05) is 20.1 Å². The Bertz CT molecular complexity index is 65.9. The molecule has 0 bridgehead atoms. The van der Waals surface area contributed by atoms with Gasteiger partial charge in [-0.05, 0) is 0 Å². The van der Waals surface area contributed by atoms with Crippen molar-refractivity contribution in [1.82, 2.24) is 0 Å². The topological polar surface area (TPSA) is 0 Å². The summed E-state index contributed by atoms with van der Waals surface area (Å²) in [6, 6.07) is 0. The van der Waals surface area contributed by atoms with Crippen molar-refractivity contribution < 1.29 is 0 Å². The van der Waals surface area contributed by atoms with Crippen LogP contribution in [0.3, 0.4) is 0 Å². The molecule has 0 fully saturated rings. The van der Waals surface area contributed by atoms with Crippen LogP contribution in [0.2, 0.25) is 13.1 Å². The summed E-state index contributed by atoms with van der Waals surface area (Å²) in [4.78, 5) is 0. The Labute approximate surface area is 70.3 Å². The van der Waals surface area contributed by atoms with E-state index in [1.165, 1.54) is 13.4 Å². The first kappa shape index (κ1) is 10.5. The van der Waals surface area contributed by atoms with Gasteiger partial charge in [0.15, 0.2) is 0 Å². The lowest BCUT2D eigenvalue weighted by atomic mass is 8.92. The van der Waals surface area contributed by atoms with E-state index < -0.39 is 0 Å². The summed E-state index contributed by atoms with van der Waals surface area (Å²) in [7, 11) is 14.6. The highest BCUT2D eigenvalue weighted by Crippen LogP contribution is 1.84. The van der Waals surface area contributed by atoms with Crippen LogP contribution in [-0.2, 0) is 0 Å². The summed E-state index contributed by atoms with van der Waals surface area (Å²) in [6.45, 7) is 5.03. The van der Waals surface area contributed by atoms with E-state index in [0.717, 1.165) is 0 Å². The standard InChI is InChI=1S/C3H8B7/c1-3-10(2)9-8-7-6-5-4/h3H2,1-2H3. The van der Waals surface area contributed by atoms with Crippen LogP contribution in [-0.4, -0.2) is 49.6 Å². The van der Waals surface area contributed by atoms with E-state index in [9.17, 15) is 0 Å². The Hall–Kier alpha value is 0.455. The van der Waals surface area contributed by atoms with Crippen molar-refractivity contribution in [2.45, 2.75) is 20.1 Å². The second-order valence-electron chi connectivity index (χ2n) is 2.35. The summed E-state index contributed by atoms with van der Waals surface area (Å²) in [5.74, 6) is 0. The van der Waals surface area contributed by atoms with Crippen molar-refractivity contribution in [2.75, 3.05) is 0 Å². The molecule has 0 aliphatic rings. The molecule has 0 unspecified atom stereocenters. The molecule has 0 atom stereocenters. The quantitative estimate of drug-likeness (QED) is 0.308. The molecule has 41 valence electrons. The van der Waals surface area contributed by atoms with Gasteiger partial charge in [0.1, 0.15) is 0 Å². The maximum Gasteiger partial charge on any atom is 0.0866 e. The van der Waals surface area contributed by atoms with Gasteiger partial charge in [-0.3, -0.25) is 0 Å². The Kier molecular flexibility index (Phi) is 7.90. The van der Waals surface area contributed by atoms with Crippen molar-refractivity contribution in [3.63, 3.8) is 0 Å². The lowest BCUT2D eigenvalue weighted by molar-refractivity contribution is 1.44. The molecule has 0 nitrogen and oxygen atoms in total. The van der Waals surface area contributed by atoms with Crippen molar-refractivity contribution >= 4 is 49.6 Å². The minimum atomic E-state index is 0.669. The van der Waals surface area contributed by atoms with E-state index >= 15 is 0 Å². The lowest BCUT2D eigenvalue weighted by Crippen LogP contribution is -2.31. The minimum Gasteiger partial charge on any atom is -0.0935 e. The fraction of sp³-hybridized carbons (Fsp3) is 1.00. The maximum atomic E-state index is 5.13. The molecule has 0 aliphatic carbocycles. The predicted molar refractivity (Wildman–Crippen MR) is 56.6 cm³/mol. The summed E-state index contributed by atoms with van der Waals surface area (Å²) < 4.78 is 0. The third-order valence-corrected chi connectivity index (χ3v) is 1.42. The highest BCUT2D eigenvalue weighted by atomic mass is 13.4. The molecule has 0 heterocycles. The average molecular weight is 120 g/mol. The molecule has 0 aliphatic heterocycles. The zero-order valence-electron chi connectivity index (χ0n) is 6.75. The highest BCUT2D eigenvalue weighted by molar-refractivity contribution is 7.63. The van der Waals surface area contributed by atoms with Gasteiger partial charge < -0.3 is 0 Å². The maximum absolute atomic E-state index is 5.13. The summed E-state index contributed by atoms with van der Waals surface area (Å²) in [5, 5.41) is 0. The van der Waals surface area contributed by atoms with Crippen molar-refractivity contribution in [3.8, 4) is 0 Å². The van der Waals surface area contributed by atoms with Crippen LogP contribution >= 0.6 is 0 Å². The van der Waals surface area contributed by atoms with Gasteiger partial charge in [0.2, 0.25) is 0 Å². The smallest absolute Gasteiger partial charge is 0.0866 e. The number of rotatable bonds is 6. The second-order valence-corrected chi connectivity index (χ2v) is 2.35. The molecule has 0 rings (SSSR count). The minimum absolute atomic E-state index is 0.669. The fourth-order valence-corrected chi connectivity index (χ4v) is 0.518. The van der Waals surface area contributed by atoms with Gasteiger partial charge >= 0.3 is 0 Å².